The van der Waals surface area contributed by atoms with Crippen molar-refractivity contribution >= 4 is 5.97 Å². The Balaban J connectivity index is 2.70. The van der Waals surface area contributed by atoms with Crippen molar-refractivity contribution < 1.29 is 14.6 Å². The topological polar surface area (TPSA) is 46.5 Å². The molecule has 1 rings (SSSR count). The number of hydrogen-bond donors (Lipinski definition) is 1. The second-order valence-electron chi connectivity index (χ2n) is 3.75. The molecule has 0 unspecified atom stereocenters. The lowest BCUT2D eigenvalue weighted by molar-refractivity contribution is 0.0693. The van der Waals surface area contributed by atoms with Crippen molar-refractivity contribution in [2.45, 2.75) is 25.7 Å². The summed E-state index contributed by atoms with van der Waals surface area (Å²) >= 11 is 0. The van der Waals surface area contributed by atoms with Gasteiger partial charge in [0.2, 0.25) is 0 Å². The smallest absolute Gasteiger partial charge is 0.339 e. The van der Waals surface area contributed by atoms with Gasteiger partial charge in [-0.1, -0.05) is 6.07 Å². The lowest BCUT2D eigenvalue weighted by atomic mass is 10.0. The van der Waals surface area contributed by atoms with Gasteiger partial charge in [-0.2, -0.15) is 0 Å². The third kappa shape index (κ3) is 3.84. The Morgan fingerprint density at radius 2 is 2.24 bits per heavy atom. The Morgan fingerprint density at radius 1 is 1.47 bits per heavy atom. The molecule has 0 aliphatic heterocycles. The molecule has 1 aromatic carbocycles. The summed E-state index contributed by atoms with van der Waals surface area (Å²) in [4.78, 5) is 10.9. The number of carboxylic acid groups (broad SMARTS) is 1. The van der Waals surface area contributed by atoms with Crippen LogP contribution in [0.1, 0.15) is 35.2 Å². The summed E-state index contributed by atoms with van der Waals surface area (Å²) in [7, 11) is 1.48. The van der Waals surface area contributed by atoms with Crippen molar-refractivity contribution in [3.05, 3.63) is 29.3 Å². The standard InChI is InChI=1S/C14H16O3/c1-3-4-5-6-7-11-8-9-12(14(15)16)13(10-11)17-2/h1,8-10H,4-7H2,2H3,(H,15,16). The van der Waals surface area contributed by atoms with Gasteiger partial charge in [-0.15, -0.1) is 12.3 Å². The molecule has 0 saturated heterocycles. The number of carbonyl (C=O) groups is 1. The van der Waals surface area contributed by atoms with Crippen LogP contribution in [0, 0.1) is 12.3 Å². The van der Waals surface area contributed by atoms with E-state index in [2.05, 4.69) is 5.92 Å². The molecule has 0 aliphatic carbocycles. The number of terminal acetylenes is 1. The van der Waals surface area contributed by atoms with Crippen molar-refractivity contribution in [2.24, 2.45) is 0 Å². The second-order valence-corrected chi connectivity index (χ2v) is 3.75. The molecule has 0 heterocycles. The van der Waals surface area contributed by atoms with Crippen molar-refractivity contribution in [1.82, 2.24) is 0 Å². The Bertz CT molecular complexity index is 430. The molecular weight excluding hydrogens is 216 g/mol. The van der Waals surface area contributed by atoms with Crippen LogP contribution in [0.5, 0.6) is 5.75 Å². The molecule has 0 bridgehead atoms. The van der Waals surface area contributed by atoms with Crippen LogP contribution in [0.3, 0.4) is 0 Å². The molecule has 17 heavy (non-hydrogen) atoms. The molecule has 0 atom stereocenters. The quantitative estimate of drug-likeness (QED) is 0.606. The van der Waals surface area contributed by atoms with E-state index in [1.54, 1.807) is 12.1 Å². The number of methoxy groups -OCH3 is 1. The molecule has 0 spiro atoms. The number of carboxylic acids is 1. The van der Waals surface area contributed by atoms with Gasteiger partial charge in [-0.25, -0.2) is 4.79 Å². The third-order valence-corrected chi connectivity index (χ3v) is 2.53. The zero-order chi connectivity index (χ0) is 12.7. The van der Waals surface area contributed by atoms with Crippen LogP contribution in [0.4, 0.5) is 0 Å². The number of rotatable bonds is 6. The fraction of sp³-hybridized carbons (Fsp3) is 0.357. The Kier molecular flexibility index (Phi) is 5.09. The van der Waals surface area contributed by atoms with E-state index in [1.807, 2.05) is 6.07 Å². The van der Waals surface area contributed by atoms with Crippen molar-refractivity contribution in [1.29, 1.82) is 0 Å². The first-order valence-electron chi connectivity index (χ1n) is 5.52. The van der Waals surface area contributed by atoms with Gasteiger partial charge in [0, 0.05) is 6.42 Å². The van der Waals surface area contributed by atoms with Crippen molar-refractivity contribution in [2.75, 3.05) is 7.11 Å². The monoisotopic (exact) mass is 232 g/mol. The second kappa shape index (κ2) is 6.59. The van der Waals surface area contributed by atoms with Gasteiger partial charge in [0.25, 0.3) is 0 Å². The summed E-state index contributed by atoms with van der Waals surface area (Å²) in [5.41, 5.74) is 1.27. The van der Waals surface area contributed by atoms with E-state index >= 15 is 0 Å². The number of benzene rings is 1. The highest BCUT2D eigenvalue weighted by atomic mass is 16.5. The van der Waals surface area contributed by atoms with E-state index in [9.17, 15) is 4.79 Å². The number of aromatic carboxylic acids is 1. The van der Waals surface area contributed by atoms with Crippen LogP contribution in [0.25, 0.3) is 0 Å². The Hall–Kier alpha value is -1.95. The van der Waals surface area contributed by atoms with E-state index in [-0.39, 0.29) is 5.56 Å². The van der Waals surface area contributed by atoms with Crippen LogP contribution in [-0.4, -0.2) is 18.2 Å². The summed E-state index contributed by atoms with van der Waals surface area (Å²) in [6.45, 7) is 0. The van der Waals surface area contributed by atoms with E-state index < -0.39 is 5.97 Å². The van der Waals surface area contributed by atoms with E-state index in [0.29, 0.717) is 5.75 Å². The van der Waals surface area contributed by atoms with Crippen LogP contribution < -0.4 is 4.74 Å². The first kappa shape index (κ1) is 13.1. The van der Waals surface area contributed by atoms with Crippen LogP contribution in [0.2, 0.25) is 0 Å². The minimum Gasteiger partial charge on any atom is -0.496 e. The molecule has 90 valence electrons. The van der Waals surface area contributed by atoms with Gasteiger partial charge in [0.15, 0.2) is 0 Å². The van der Waals surface area contributed by atoms with Gasteiger partial charge in [0.1, 0.15) is 11.3 Å². The summed E-state index contributed by atoms with van der Waals surface area (Å²) in [6, 6.07) is 5.18. The van der Waals surface area contributed by atoms with Crippen LogP contribution in [0.15, 0.2) is 18.2 Å². The highest BCUT2D eigenvalue weighted by Gasteiger charge is 2.10. The average Bonchev–Trinajstić information content (AvgIpc) is 2.34. The maximum atomic E-state index is 10.9. The largest absolute Gasteiger partial charge is 0.496 e. The molecule has 0 amide bonds. The molecule has 1 aromatic rings. The SMILES string of the molecule is C#CCCCCc1ccc(C(=O)O)c(OC)c1. The third-order valence-electron chi connectivity index (χ3n) is 2.53. The average molecular weight is 232 g/mol. The first-order chi connectivity index (χ1) is 8.19. The molecule has 3 nitrogen and oxygen atoms in total. The highest BCUT2D eigenvalue weighted by molar-refractivity contribution is 5.90. The van der Waals surface area contributed by atoms with E-state index in [0.717, 1.165) is 31.2 Å². The molecule has 0 fully saturated rings. The fourth-order valence-electron chi connectivity index (χ4n) is 1.62. The lowest BCUT2D eigenvalue weighted by Crippen LogP contribution is -2.01. The highest BCUT2D eigenvalue weighted by Crippen LogP contribution is 2.21. The maximum absolute atomic E-state index is 10.9. The number of hydrogen-bond acceptors (Lipinski definition) is 2. The van der Waals surface area contributed by atoms with Gasteiger partial charge in [0.05, 0.1) is 7.11 Å². The summed E-state index contributed by atoms with van der Waals surface area (Å²) in [5, 5.41) is 8.93. The predicted octanol–water partition coefficient (Wildman–Crippen LogP) is 2.74. The first-order valence-corrected chi connectivity index (χ1v) is 5.52. The zero-order valence-electron chi connectivity index (χ0n) is 9.90. The Morgan fingerprint density at radius 3 is 2.82 bits per heavy atom. The van der Waals surface area contributed by atoms with Crippen LogP contribution in [-0.2, 0) is 6.42 Å². The Labute approximate surface area is 101 Å². The normalized spacial score (nSPS) is 9.65. The minimum atomic E-state index is -0.972. The van der Waals surface area contributed by atoms with Gasteiger partial charge >= 0.3 is 5.97 Å². The maximum Gasteiger partial charge on any atom is 0.339 e. The molecule has 1 N–H and O–H groups in total. The zero-order valence-corrected chi connectivity index (χ0v) is 9.90. The summed E-state index contributed by atoms with van der Waals surface area (Å²) in [6.07, 6.45) is 8.83. The summed E-state index contributed by atoms with van der Waals surface area (Å²) in [5.74, 6) is 2.04. The fourth-order valence-corrected chi connectivity index (χ4v) is 1.62. The van der Waals surface area contributed by atoms with Gasteiger partial charge < -0.3 is 9.84 Å². The molecule has 0 aliphatic rings. The molecule has 0 aromatic heterocycles. The minimum absolute atomic E-state index is 0.194. The van der Waals surface area contributed by atoms with Crippen molar-refractivity contribution in [3.63, 3.8) is 0 Å². The van der Waals surface area contributed by atoms with Gasteiger partial charge in [-0.3, -0.25) is 0 Å². The lowest BCUT2D eigenvalue weighted by Gasteiger charge is -2.07. The summed E-state index contributed by atoms with van der Waals surface area (Å²) < 4.78 is 5.06. The van der Waals surface area contributed by atoms with Crippen LogP contribution >= 0.6 is 0 Å². The van der Waals surface area contributed by atoms with E-state index in [1.165, 1.54) is 7.11 Å². The molecule has 0 radical (unpaired) electrons. The number of unbranched alkanes of at least 4 members (excludes halogenated alkanes) is 2. The predicted molar refractivity (Wildman–Crippen MR) is 66.3 cm³/mol. The molecule has 3 heteroatoms. The molecule has 0 saturated carbocycles. The number of aryl methyl sites for hydroxylation is 1. The number of ether oxygens (including phenoxy) is 1. The molecular formula is C14H16O3. The van der Waals surface area contributed by atoms with E-state index in [4.69, 9.17) is 16.3 Å². The van der Waals surface area contributed by atoms with Gasteiger partial charge in [-0.05, 0) is 37.0 Å². The van der Waals surface area contributed by atoms with Crippen molar-refractivity contribution in [3.8, 4) is 18.1 Å².